The molecule has 2 N–H and O–H groups in total. The van der Waals surface area contributed by atoms with Gasteiger partial charge < -0.3 is 15.2 Å². The van der Waals surface area contributed by atoms with Crippen molar-refractivity contribution < 1.29 is 13.7 Å². The van der Waals surface area contributed by atoms with E-state index in [0.29, 0.717) is 42.4 Å². The first kappa shape index (κ1) is 21.9. The molecule has 0 aliphatic carbocycles. The maximum absolute atomic E-state index is 13.4. The lowest BCUT2D eigenvalue weighted by Gasteiger charge is -2.16. The van der Waals surface area contributed by atoms with E-state index in [0.717, 1.165) is 5.56 Å². The van der Waals surface area contributed by atoms with E-state index in [1.165, 1.54) is 6.07 Å². The molecule has 2 aromatic carbocycles. The van der Waals surface area contributed by atoms with E-state index in [1.807, 2.05) is 23.1 Å². The molecule has 6 nitrogen and oxygen atoms in total. The van der Waals surface area contributed by atoms with E-state index < -0.39 is 0 Å². The number of nitrogens with two attached hydrogens (primary N) is 1. The van der Waals surface area contributed by atoms with Gasteiger partial charge in [0.15, 0.2) is 0 Å². The second kappa shape index (κ2) is 9.36. The summed E-state index contributed by atoms with van der Waals surface area (Å²) in [5.41, 5.74) is 8.63. The van der Waals surface area contributed by atoms with Gasteiger partial charge in [-0.3, -0.25) is 4.79 Å². The number of benzene rings is 2. The number of rotatable bonds is 5. The molecule has 1 saturated heterocycles. The lowest BCUT2D eigenvalue weighted by Crippen LogP contribution is -2.32. The zero-order chi connectivity index (χ0) is 20.4. The monoisotopic (exact) mass is 430 g/mol. The molecule has 4 rings (SSSR count). The van der Waals surface area contributed by atoms with Crippen molar-refractivity contribution in [2.75, 3.05) is 13.1 Å². The smallest absolute Gasteiger partial charge is 0.227 e. The van der Waals surface area contributed by atoms with Crippen LogP contribution in [0, 0.1) is 12.7 Å². The number of halogens is 2. The van der Waals surface area contributed by atoms with E-state index >= 15 is 0 Å². The molecule has 2 heterocycles. The summed E-state index contributed by atoms with van der Waals surface area (Å²) >= 11 is 0. The van der Waals surface area contributed by atoms with Crippen LogP contribution >= 0.6 is 12.4 Å². The summed E-state index contributed by atoms with van der Waals surface area (Å²) in [7, 11) is 0. The normalized spacial score (nSPS) is 18.3. The quantitative estimate of drug-likeness (QED) is 0.669. The third-order valence-electron chi connectivity index (χ3n) is 5.38. The number of aryl methyl sites for hydroxylation is 2. The number of likely N-dealkylation sites (tertiary alicyclic amines) is 1. The SMILES string of the molecule is Cc1cc(-c2noc(CCC(=O)N3C[C@@H](N)[C@H](c4ccccc4)C3)n2)ccc1F.Cl. The lowest BCUT2D eigenvalue weighted by molar-refractivity contribution is -0.130. The van der Waals surface area contributed by atoms with Crippen LogP contribution in [-0.2, 0) is 11.2 Å². The predicted octanol–water partition coefficient (Wildman–Crippen LogP) is 3.49. The Hall–Kier alpha value is -2.77. The standard InChI is InChI=1S/C22H23FN4O2.ClH/c1-14-11-16(7-8-18(14)23)22-25-20(29-26-22)9-10-21(28)27-12-17(19(24)13-27)15-5-3-2-4-6-15;/h2-8,11,17,19H,9-10,12-13,24H2,1H3;1H/t17-,19+;/m0./s1. The number of carbonyl (C=O) groups excluding carboxylic acids is 1. The first-order valence-corrected chi connectivity index (χ1v) is 9.68. The second-order valence-electron chi connectivity index (χ2n) is 7.46. The molecule has 0 radical (unpaired) electrons. The fourth-order valence-corrected chi connectivity index (χ4v) is 3.71. The minimum Gasteiger partial charge on any atom is -0.340 e. The third kappa shape index (κ3) is 4.68. The fourth-order valence-electron chi connectivity index (χ4n) is 3.71. The first-order chi connectivity index (χ1) is 14.0. The Bertz CT molecular complexity index is 1010. The Morgan fingerprint density at radius 1 is 1.23 bits per heavy atom. The molecule has 0 spiro atoms. The van der Waals surface area contributed by atoms with Crippen molar-refractivity contribution in [1.82, 2.24) is 15.0 Å². The van der Waals surface area contributed by atoms with E-state index in [9.17, 15) is 9.18 Å². The van der Waals surface area contributed by atoms with Gasteiger partial charge in [-0.05, 0) is 36.2 Å². The molecule has 0 bridgehead atoms. The maximum atomic E-state index is 13.4. The van der Waals surface area contributed by atoms with E-state index in [4.69, 9.17) is 10.3 Å². The van der Waals surface area contributed by atoms with Gasteiger partial charge in [-0.15, -0.1) is 12.4 Å². The van der Waals surface area contributed by atoms with Crippen molar-refractivity contribution in [3.05, 3.63) is 71.4 Å². The zero-order valence-corrected chi connectivity index (χ0v) is 17.4. The minimum absolute atomic E-state index is 0. The molecule has 3 aromatic rings. The highest BCUT2D eigenvalue weighted by Crippen LogP contribution is 2.27. The van der Waals surface area contributed by atoms with Gasteiger partial charge in [-0.25, -0.2) is 4.39 Å². The summed E-state index contributed by atoms with van der Waals surface area (Å²) in [5, 5.41) is 3.94. The second-order valence-corrected chi connectivity index (χ2v) is 7.46. The Labute approximate surface area is 180 Å². The number of nitrogens with zero attached hydrogens (tertiary/aromatic N) is 3. The van der Waals surface area contributed by atoms with Crippen molar-refractivity contribution in [3.8, 4) is 11.4 Å². The van der Waals surface area contributed by atoms with Crippen molar-refractivity contribution in [2.45, 2.75) is 31.7 Å². The molecule has 8 heteroatoms. The fraction of sp³-hybridized carbons (Fsp3) is 0.318. The Kier molecular flexibility index (Phi) is 6.84. The molecule has 1 fully saturated rings. The van der Waals surface area contributed by atoms with Gasteiger partial charge in [0.2, 0.25) is 17.6 Å². The minimum atomic E-state index is -0.277. The highest BCUT2D eigenvalue weighted by Gasteiger charge is 2.33. The van der Waals surface area contributed by atoms with Crippen LogP contribution in [0.4, 0.5) is 4.39 Å². The van der Waals surface area contributed by atoms with Gasteiger partial charge in [-0.1, -0.05) is 35.5 Å². The molecular weight excluding hydrogens is 407 g/mol. The molecule has 1 aromatic heterocycles. The summed E-state index contributed by atoms with van der Waals surface area (Å²) in [6, 6.07) is 14.6. The molecule has 2 atom stereocenters. The summed E-state index contributed by atoms with van der Waals surface area (Å²) in [5.74, 6) is 0.676. The summed E-state index contributed by atoms with van der Waals surface area (Å²) in [4.78, 5) is 18.8. The highest BCUT2D eigenvalue weighted by molar-refractivity contribution is 5.85. The first-order valence-electron chi connectivity index (χ1n) is 9.68. The van der Waals surface area contributed by atoms with Gasteiger partial charge in [0.1, 0.15) is 5.82 Å². The molecule has 0 saturated carbocycles. The third-order valence-corrected chi connectivity index (χ3v) is 5.38. The van der Waals surface area contributed by atoms with E-state index in [-0.39, 0.29) is 42.5 Å². The average molecular weight is 431 g/mol. The number of hydrogen-bond acceptors (Lipinski definition) is 5. The van der Waals surface area contributed by atoms with Crippen LogP contribution < -0.4 is 5.73 Å². The van der Waals surface area contributed by atoms with Crippen LogP contribution in [0.25, 0.3) is 11.4 Å². The van der Waals surface area contributed by atoms with Crippen molar-refractivity contribution in [3.63, 3.8) is 0 Å². The summed E-state index contributed by atoms with van der Waals surface area (Å²) in [6.45, 7) is 2.85. The predicted molar refractivity (Wildman–Crippen MR) is 114 cm³/mol. The van der Waals surface area contributed by atoms with Gasteiger partial charge in [-0.2, -0.15) is 4.98 Å². The van der Waals surface area contributed by atoms with Crippen LogP contribution in [0.15, 0.2) is 53.1 Å². The van der Waals surface area contributed by atoms with Crippen LogP contribution in [0.1, 0.15) is 29.4 Å². The molecule has 1 aliphatic rings. The summed E-state index contributed by atoms with van der Waals surface area (Å²) in [6.07, 6.45) is 0.631. The average Bonchev–Trinajstić information content (AvgIpc) is 3.36. The Morgan fingerprint density at radius 2 is 2.00 bits per heavy atom. The van der Waals surface area contributed by atoms with Crippen LogP contribution in [0.3, 0.4) is 0 Å². The van der Waals surface area contributed by atoms with Gasteiger partial charge in [0.05, 0.1) is 0 Å². The van der Waals surface area contributed by atoms with Crippen molar-refractivity contribution in [2.24, 2.45) is 5.73 Å². The van der Waals surface area contributed by atoms with E-state index in [1.54, 1.807) is 19.1 Å². The lowest BCUT2D eigenvalue weighted by atomic mass is 9.95. The Morgan fingerprint density at radius 3 is 2.73 bits per heavy atom. The van der Waals surface area contributed by atoms with Crippen molar-refractivity contribution in [1.29, 1.82) is 0 Å². The van der Waals surface area contributed by atoms with E-state index in [2.05, 4.69) is 22.3 Å². The zero-order valence-electron chi connectivity index (χ0n) is 16.6. The van der Waals surface area contributed by atoms with Crippen LogP contribution in [-0.4, -0.2) is 40.1 Å². The van der Waals surface area contributed by atoms with Crippen LogP contribution in [0.2, 0.25) is 0 Å². The number of carbonyl (C=O) groups is 1. The molecule has 30 heavy (non-hydrogen) atoms. The van der Waals surface area contributed by atoms with Gasteiger partial charge in [0.25, 0.3) is 0 Å². The number of amides is 1. The van der Waals surface area contributed by atoms with Gasteiger partial charge >= 0.3 is 0 Å². The molecule has 1 amide bonds. The van der Waals surface area contributed by atoms with Gasteiger partial charge in [0, 0.05) is 43.5 Å². The molecule has 1 aliphatic heterocycles. The molecule has 0 unspecified atom stereocenters. The molecule has 158 valence electrons. The van der Waals surface area contributed by atoms with Crippen LogP contribution in [0.5, 0.6) is 0 Å². The largest absolute Gasteiger partial charge is 0.340 e. The topological polar surface area (TPSA) is 85.2 Å². The Balaban J connectivity index is 0.00000256. The van der Waals surface area contributed by atoms with Crippen molar-refractivity contribution >= 4 is 18.3 Å². The molecular formula is C22H24ClFN4O2. The number of hydrogen-bond donors (Lipinski definition) is 1. The highest BCUT2D eigenvalue weighted by atomic mass is 35.5. The maximum Gasteiger partial charge on any atom is 0.227 e. The number of aromatic nitrogens is 2. The summed E-state index contributed by atoms with van der Waals surface area (Å²) < 4.78 is 18.7.